The summed E-state index contributed by atoms with van der Waals surface area (Å²) in [7, 11) is 0. The number of fused-ring (bicyclic) bond motifs is 2. The van der Waals surface area contributed by atoms with Crippen LogP contribution in [0.2, 0.25) is 0 Å². The van der Waals surface area contributed by atoms with Crippen molar-refractivity contribution < 1.29 is 0 Å². The van der Waals surface area contributed by atoms with Gasteiger partial charge in [-0.15, -0.1) is 0 Å². The summed E-state index contributed by atoms with van der Waals surface area (Å²) < 4.78 is 0. The summed E-state index contributed by atoms with van der Waals surface area (Å²) in [6, 6.07) is 0. The number of piperidine rings is 1. The molecule has 0 saturated carbocycles. The van der Waals surface area contributed by atoms with Crippen LogP contribution in [0.15, 0.2) is 0 Å². The van der Waals surface area contributed by atoms with E-state index in [0.29, 0.717) is 0 Å². The van der Waals surface area contributed by atoms with Gasteiger partial charge >= 0.3 is 0 Å². The lowest BCUT2D eigenvalue weighted by Crippen LogP contribution is -2.31. The molecule has 0 aromatic carbocycles. The fraction of sp³-hybridized carbons (Fsp3) is 1.00. The van der Waals surface area contributed by atoms with Gasteiger partial charge < -0.3 is 4.90 Å². The van der Waals surface area contributed by atoms with Gasteiger partial charge in [0.25, 0.3) is 0 Å². The maximum Gasteiger partial charge on any atom is 0.00104 e. The van der Waals surface area contributed by atoms with Crippen molar-refractivity contribution in [2.24, 2.45) is 11.8 Å². The number of rotatable bonds is 0. The van der Waals surface area contributed by atoms with Crippen molar-refractivity contribution in [3.8, 4) is 0 Å². The SMILES string of the molecule is CC.CC1CC2CCN(C1)C2. The van der Waals surface area contributed by atoms with Gasteiger partial charge in [0.1, 0.15) is 0 Å². The minimum Gasteiger partial charge on any atom is -0.303 e. The van der Waals surface area contributed by atoms with E-state index in [4.69, 9.17) is 0 Å². The molecule has 0 aromatic rings. The number of nitrogens with zero attached hydrogens (tertiary/aromatic N) is 1. The Bertz CT molecular complexity index is 99.4. The molecule has 3 atom stereocenters. The average Bonchev–Trinajstić information content (AvgIpc) is 2.35. The summed E-state index contributed by atoms with van der Waals surface area (Å²) in [5.74, 6) is 2.04. The highest BCUT2D eigenvalue weighted by Gasteiger charge is 2.29. The molecule has 0 radical (unpaired) electrons. The third-order valence-corrected chi connectivity index (χ3v) is 2.68. The van der Waals surface area contributed by atoms with Gasteiger partial charge in [0, 0.05) is 13.1 Å². The van der Waals surface area contributed by atoms with E-state index >= 15 is 0 Å². The Kier molecular flexibility index (Phi) is 3.38. The molecular weight excluding hydrogens is 134 g/mol. The first-order valence-electron chi connectivity index (χ1n) is 5.07. The third kappa shape index (κ3) is 2.19. The van der Waals surface area contributed by atoms with Crippen LogP contribution in [0.4, 0.5) is 0 Å². The molecule has 2 aliphatic rings. The second kappa shape index (κ2) is 4.10. The van der Waals surface area contributed by atoms with Crippen molar-refractivity contribution in [3.63, 3.8) is 0 Å². The smallest absolute Gasteiger partial charge is 0.00104 e. The van der Waals surface area contributed by atoms with Crippen molar-refractivity contribution in [3.05, 3.63) is 0 Å². The Labute approximate surface area is 70.8 Å². The first-order chi connectivity index (χ1) is 5.34. The molecule has 3 unspecified atom stereocenters. The zero-order valence-electron chi connectivity index (χ0n) is 8.14. The van der Waals surface area contributed by atoms with Crippen LogP contribution >= 0.6 is 0 Å². The monoisotopic (exact) mass is 155 g/mol. The first kappa shape index (κ1) is 9.05. The van der Waals surface area contributed by atoms with Gasteiger partial charge in [0.15, 0.2) is 0 Å². The minimum absolute atomic E-state index is 0.978. The van der Waals surface area contributed by atoms with Crippen molar-refractivity contribution >= 4 is 0 Å². The zero-order chi connectivity index (χ0) is 8.27. The summed E-state index contributed by atoms with van der Waals surface area (Å²) in [6.45, 7) is 10.5. The Morgan fingerprint density at radius 3 is 2.55 bits per heavy atom. The molecule has 1 heteroatoms. The van der Waals surface area contributed by atoms with Crippen molar-refractivity contribution in [1.82, 2.24) is 4.90 Å². The molecule has 2 heterocycles. The molecule has 2 aliphatic heterocycles. The van der Waals surface area contributed by atoms with E-state index in [0.717, 1.165) is 11.8 Å². The van der Waals surface area contributed by atoms with Crippen LogP contribution in [0.3, 0.4) is 0 Å². The van der Waals surface area contributed by atoms with Gasteiger partial charge in [0.05, 0.1) is 0 Å². The molecule has 2 rings (SSSR count). The Hall–Kier alpha value is -0.0400. The van der Waals surface area contributed by atoms with Crippen LogP contribution in [0.5, 0.6) is 0 Å². The molecule has 1 nitrogen and oxygen atoms in total. The predicted octanol–water partition coefficient (Wildman–Crippen LogP) is 2.37. The number of hydrogen-bond acceptors (Lipinski definition) is 1. The van der Waals surface area contributed by atoms with E-state index in [-0.39, 0.29) is 0 Å². The molecule has 2 bridgehead atoms. The highest BCUT2D eigenvalue weighted by molar-refractivity contribution is 4.83. The van der Waals surface area contributed by atoms with E-state index in [1.54, 1.807) is 0 Å². The lowest BCUT2D eigenvalue weighted by atomic mass is 9.93. The van der Waals surface area contributed by atoms with Crippen LogP contribution in [-0.2, 0) is 0 Å². The Balaban J connectivity index is 0.000000281. The van der Waals surface area contributed by atoms with E-state index in [1.807, 2.05) is 13.8 Å². The topological polar surface area (TPSA) is 3.24 Å². The summed E-state index contributed by atoms with van der Waals surface area (Å²) in [6.07, 6.45) is 2.97. The fourth-order valence-corrected chi connectivity index (χ4v) is 2.36. The normalized spacial score (nSPS) is 41.2. The zero-order valence-corrected chi connectivity index (χ0v) is 8.14. The Morgan fingerprint density at radius 2 is 1.91 bits per heavy atom. The molecular formula is C10H21N. The van der Waals surface area contributed by atoms with Crippen molar-refractivity contribution in [1.29, 1.82) is 0 Å². The largest absolute Gasteiger partial charge is 0.303 e. The fourth-order valence-electron chi connectivity index (χ4n) is 2.36. The van der Waals surface area contributed by atoms with Crippen LogP contribution in [-0.4, -0.2) is 24.5 Å². The van der Waals surface area contributed by atoms with Gasteiger partial charge in [0.2, 0.25) is 0 Å². The van der Waals surface area contributed by atoms with Gasteiger partial charge in [-0.3, -0.25) is 0 Å². The molecule has 11 heavy (non-hydrogen) atoms. The minimum atomic E-state index is 0.978. The molecule has 0 aliphatic carbocycles. The predicted molar refractivity (Wildman–Crippen MR) is 49.7 cm³/mol. The van der Waals surface area contributed by atoms with E-state index < -0.39 is 0 Å². The van der Waals surface area contributed by atoms with Crippen LogP contribution < -0.4 is 0 Å². The van der Waals surface area contributed by atoms with Gasteiger partial charge in [-0.1, -0.05) is 20.8 Å². The van der Waals surface area contributed by atoms with Gasteiger partial charge in [-0.25, -0.2) is 0 Å². The molecule has 2 fully saturated rings. The van der Waals surface area contributed by atoms with Crippen molar-refractivity contribution in [2.45, 2.75) is 33.6 Å². The molecule has 0 aromatic heterocycles. The second-order valence-corrected chi connectivity index (χ2v) is 3.76. The maximum atomic E-state index is 2.61. The van der Waals surface area contributed by atoms with Crippen LogP contribution in [0, 0.1) is 11.8 Å². The summed E-state index contributed by atoms with van der Waals surface area (Å²) in [5, 5.41) is 0. The number of hydrogen-bond donors (Lipinski definition) is 0. The third-order valence-electron chi connectivity index (χ3n) is 2.68. The average molecular weight is 155 g/mol. The maximum absolute atomic E-state index is 2.61. The molecule has 0 amide bonds. The van der Waals surface area contributed by atoms with E-state index in [1.165, 1.54) is 32.5 Å². The van der Waals surface area contributed by atoms with E-state index in [2.05, 4.69) is 11.8 Å². The molecule has 66 valence electrons. The standard InChI is InChI=1S/C8H15N.C2H6/c1-7-4-8-2-3-9(5-7)6-8;1-2/h7-8H,2-6H2,1H3;1-2H3. The highest BCUT2D eigenvalue weighted by Crippen LogP contribution is 2.29. The summed E-state index contributed by atoms with van der Waals surface area (Å²) >= 11 is 0. The summed E-state index contributed by atoms with van der Waals surface area (Å²) in [5.41, 5.74) is 0. The molecule has 0 N–H and O–H groups in total. The summed E-state index contributed by atoms with van der Waals surface area (Å²) in [4.78, 5) is 2.61. The lowest BCUT2D eigenvalue weighted by molar-refractivity contribution is 0.213. The van der Waals surface area contributed by atoms with E-state index in [9.17, 15) is 0 Å². The first-order valence-corrected chi connectivity index (χ1v) is 5.07. The van der Waals surface area contributed by atoms with Crippen LogP contribution in [0.1, 0.15) is 33.6 Å². The van der Waals surface area contributed by atoms with Gasteiger partial charge in [-0.2, -0.15) is 0 Å². The second-order valence-electron chi connectivity index (χ2n) is 3.76. The van der Waals surface area contributed by atoms with Gasteiger partial charge in [-0.05, 0) is 31.2 Å². The quantitative estimate of drug-likeness (QED) is 0.519. The molecule has 2 saturated heterocycles. The Morgan fingerprint density at radius 1 is 1.18 bits per heavy atom. The van der Waals surface area contributed by atoms with Crippen molar-refractivity contribution in [2.75, 3.05) is 19.6 Å². The lowest BCUT2D eigenvalue weighted by Gasteiger charge is -2.26. The highest BCUT2D eigenvalue weighted by atomic mass is 15.2. The molecule has 0 spiro atoms. The van der Waals surface area contributed by atoms with Crippen LogP contribution in [0.25, 0.3) is 0 Å².